The van der Waals surface area contributed by atoms with Crippen LogP contribution in [0.4, 0.5) is 0 Å². The first-order valence-corrected chi connectivity index (χ1v) is 7.06. The Morgan fingerprint density at radius 3 is 2.50 bits per heavy atom. The first-order valence-electron chi connectivity index (χ1n) is 7.06. The van der Waals surface area contributed by atoms with E-state index in [0.717, 1.165) is 24.0 Å². The summed E-state index contributed by atoms with van der Waals surface area (Å²) in [5.74, 6) is -0.700. The van der Waals surface area contributed by atoms with Crippen molar-refractivity contribution in [1.29, 1.82) is 0 Å². The molecule has 20 heavy (non-hydrogen) atoms. The number of ether oxygens (including phenoxy) is 1. The highest BCUT2D eigenvalue weighted by Gasteiger charge is 2.67. The van der Waals surface area contributed by atoms with Crippen LogP contribution in [0, 0.1) is 11.3 Å². The summed E-state index contributed by atoms with van der Waals surface area (Å²) in [5.41, 5.74) is 0.868. The Balaban J connectivity index is 2.17. The Labute approximate surface area is 118 Å². The molecule has 0 aromatic rings. The van der Waals surface area contributed by atoms with Crippen LogP contribution in [0.3, 0.4) is 0 Å². The Kier molecular flexibility index (Phi) is 2.59. The molecule has 3 rings (SSSR count). The molecule has 1 spiro atoms. The molecule has 0 aromatic heterocycles. The number of esters is 1. The quantitative estimate of drug-likeness (QED) is 0.743. The molecule has 4 nitrogen and oxygen atoms in total. The topological polar surface area (TPSA) is 63.6 Å². The zero-order chi connectivity index (χ0) is 14.9. The molecule has 0 heterocycles. The van der Waals surface area contributed by atoms with Gasteiger partial charge in [0.25, 0.3) is 0 Å². The molecule has 0 bridgehead atoms. The Morgan fingerprint density at radius 1 is 1.40 bits per heavy atom. The highest BCUT2D eigenvalue weighted by Crippen LogP contribution is 2.66. The second-order valence-corrected chi connectivity index (χ2v) is 6.50. The molecule has 0 unspecified atom stereocenters. The highest BCUT2D eigenvalue weighted by molar-refractivity contribution is 6.12. The molecule has 1 N–H and O–H groups in total. The smallest absolute Gasteiger partial charge is 0.303 e. The molecule has 1 fully saturated rings. The van der Waals surface area contributed by atoms with Crippen molar-refractivity contribution in [3.8, 4) is 0 Å². The van der Waals surface area contributed by atoms with Crippen molar-refractivity contribution in [2.24, 2.45) is 11.3 Å². The van der Waals surface area contributed by atoms with Gasteiger partial charge in [-0.1, -0.05) is 11.6 Å². The lowest BCUT2D eigenvalue weighted by molar-refractivity contribution is -0.175. The van der Waals surface area contributed by atoms with Crippen LogP contribution in [-0.2, 0) is 14.3 Å². The van der Waals surface area contributed by atoms with E-state index in [0.29, 0.717) is 5.57 Å². The third kappa shape index (κ3) is 1.46. The van der Waals surface area contributed by atoms with Crippen molar-refractivity contribution in [3.05, 3.63) is 22.8 Å². The van der Waals surface area contributed by atoms with E-state index in [1.807, 2.05) is 13.0 Å². The van der Waals surface area contributed by atoms with E-state index in [2.05, 4.69) is 0 Å². The van der Waals surface area contributed by atoms with Crippen molar-refractivity contribution >= 4 is 11.8 Å². The van der Waals surface area contributed by atoms with Crippen molar-refractivity contribution in [1.82, 2.24) is 0 Å². The van der Waals surface area contributed by atoms with Gasteiger partial charge in [-0.3, -0.25) is 9.59 Å². The predicted molar refractivity (Wildman–Crippen MR) is 72.8 cm³/mol. The molecular weight excluding hydrogens is 256 g/mol. The summed E-state index contributed by atoms with van der Waals surface area (Å²) in [4.78, 5) is 23.8. The minimum Gasteiger partial charge on any atom is -0.458 e. The van der Waals surface area contributed by atoms with E-state index in [1.165, 1.54) is 6.92 Å². The van der Waals surface area contributed by atoms with Crippen LogP contribution in [0.2, 0.25) is 0 Å². The van der Waals surface area contributed by atoms with E-state index >= 15 is 0 Å². The number of rotatable bonds is 1. The number of allylic oxidation sites excluding steroid dienone is 1. The molecule has 0 aliphatic heterocycles. The van der Waals surface area contributed by atoms with Gasteiger partial charge in [0, 0.05) is 23.8 Å². The van der Waals surface area contributed by atoms with Crippen LogP contribution in [0.5, 0.6) is 0 Å². The number of aliphatic hydroxyl groups is 1. The van der Waals surface area contributed by atoms with Gasteiger partial charge in [-0.05, 0) is 39.2 Å². The molecule has 3 atom stereocenters. The number of Topliss-reactive ketones (excluding diaryl/α,β-unsaturated/α-hetero) is 1. The molecule has 0 radical (unpaired) electrons. The van der Waals surface area contributed by atoms with Gasteiger partial charge in [-0.25, -0.2) is 0 Å². The molecular formula is C16H20O4. The van der Waals surface area contributed by atoms with Gasteiger partial charge in [0.15, 0.2) is 5.78 Å². The zero-order valence-electron chi connectivity index (χ0n) is 12.3. The minimum absolute atomic E-state index is 0.0337. The summed E-state index contributed by atoms with van der Waals surface area (Å²) in [6.45, 7) is 6.80. The molecule has 0 amide bonds. The number of carbonyl (C=O) groups excluding carboxylic acids is 2. The molecule has 3 aliphatic rings. The third-order valence-electron chi connectivity index (χ3n) is 5.38. The average Bonchev–Trinajstić information content (AvgIpc) is 3.09. The minimum atomic E-state index is -1.13. The SMILES string of the molecule is CC(=O)O[C@@H]1[C@@H]2C=C(C)C(=O)C2=C(C)C2(CC2)[C@@]1(C)O. The van der Waals surface area contributed by atoms with E-state index in [4.69, 9.17) is 4.74 Å². The highest BCUT2D eigenvalue weighted by atomic mass is 16.6. The number of ketones is 1. The Hall–Kier alpha value is -1.42. The van der Waals surface area contributed by atoms with Crippen molar-refractivity contribution < 1.29 is 19.4 Å². The van der Waals surface area contributed by atoms with E-state index in [9.17, 15) is 14.7 Å². The van der Waals surface area contributed by atoms with Crippen LogP contribution in [0.25, 0.3) is 0 Å². The van der Waals surface area contributed by atoms with Gasteiger partial charge < -0.3 is 9.84 Å². The monoisotopic (exact) mass is 276 g/mol. The Morgan fingerprint density at radius 2 is 2.00 bits per heavy atom. The summed E-state index contributed by atoms with van der Waals surface area (Å²) >= 11 is 0. The largest absolute Gasteiger partial charge is 0.458 e. The van der Waals surface area contributed by atoms with Crippen molar-refractivity contribution in [3.63, 3.8) is 0 Å². The Bertz CT molecular complexity index is 575. The first-order chi connectivity index (χ1) is 9.22. The molecule has 4 heteroatoms. The van der Waals surface area contributed by atoms with E-state index in [1.54, 1.807) is 13.8 Å². The van der Waals surface area contributed by atoms with Crippen LogP contribution in [-0.4, -0.2) is 28.6 Å². The predicted octanol–water partition coefficient (Wildman–Crippen LogP) is 1.92. The van der Waals surface area contributed by atoms with E-state index < -0.39 is 23.1 Å². The lowest BCUT2D eigenvalue weighted by Gasteiger charge is -2.47. The standard InChI is InChI=1S/C16H20O4/c1-8-7-11-12(13(8)18)9(2)16(5-6-16)15(4,19)14(11)20-10(3)17/h7,11,14,19H,5-6H2,1-4H3/t11-,14-,15+/m1/s1. The molecule has 0 saturated heterocycles. The number of hydrogen-bond acceptors (Lipinski definition) is 4. The van der Waals surface area contributed by atoms with Gasteiger partial charge >= 0.3 is 5.97 Å². The maximum atomic E-state index is 12.4. The van der Waals surface area contributed by atoms with Gasteiger partial charge in [-0.15, -0.1) is 0 Å². The van der Waals surface area contributed by atoms with Gasteiger partial charge in [0.1, 0.15) is 11.7 Å². The van der Waals surface area contributed by atoms with Crippen LogP contribution < -0.4 is 0 Å². The normalized spacial score (nSPS) is 37.9. The summed E-state index contributed by atoms with van der Waals surface area (Å²) in [6, 6.07) is 0. The van der Waals surface area contributed by atoms with Crippen LogP contribution in [0.1, 0.15) is 40.5 Å². The molecule has 3 aliphatic carbocycles. The fourth-order valence-electron chi connectivity index (χ4n) is 4.08. The number of hydrogen-bond donors (Lipinski definition) is 1. The molecule has 0 aromatic carbocycles. The fraction of sp³-hybridized carbons (Fsp3) is 0.625. The lowest BCUT2D eigenvalue weighted by atomic mass is 9.65. The second-order valence-electron chi connectivity index (χ2n) is 6.50. The summed E-state index contributed by atoms with van der Waals surface area (Å²) in [5, 5.41) is 11.0. The number of fused-ring (bicyclic) bond motifs is 1. The van der Waals surface area contributed by atoms with Crippen molar-refractivity contribution in [2.75, 3.05) is 0 Å². The maximum absolute atomic E-state index is 12.4. The summed E-state index contributed by atoms with van der Waals surface area (Å²) in [7, 11) is 0. The zero-order valence-corrected chi connectivity index (χ0v) is 12.3. The molecule has 1 saturated carbocycles. The van der Waals surface area contributed by atoms with Crippen LogP contribution >= 0.6 is 0 Å². The van der Waals surface area contributed by atoms with Gasteiger partial charge in [-0.2, -0.15) is 0 Å². The second kappa shape index (κ2) is 3.82. The summed E-state index contributed by atoms with van der Waals surface area (Å²) < 4.78 is 5.42. The maximum Gasteiger partial charge on any atom is 0.303 e. The van der Waals surface area contributed by atoms with Gasteiger partial charge in [0.2, 0.25) is 0 Å². The van der Waals surface area contributed by atoms with Crippen LogP contribution in [0.15, 0.2) is 22.8 Å². The average molecular weight is 276 g/mol. The summed E-state index contributed by atoms with van der Waals surface area (Å²) in [6.07, 6.45) is 2.83. The first kappa shape index (κ1) is 13.6. The molecule has 108 valence electrons. The lowest BCUT2D eigenvalue weighted by Crippen LogP contribution is -2.56. The third-order valence-corrected chi connectivity index (χ3v) is 5.38. The number of carbonyl (C=O) groups is 2. The van der Waals surface area contributed by atoms with E-state index in [-0.39, 0.29) is 11.7 Å². The fourth-order valence-corrected chi connectivity index (χ4v) is 4.08. The van der Waals surface area contributed by atoms with Crippen molar-refractivity contribution in [2.45, 2.75) is 52.2 Å². The van der Waals surface area contributed by atoms with Gasteiger partial charge in [0.05, 0.1) is 0 Å².